The van der Waals surface area contributed by atoms with Crippen molar-refractivity contribution in [2.24, 2.45) is 5.92 Å². The van der Waals surface area contributed by atoms with Crippen LogP contribution in [0, 0.1) is 5.92 Å². The smallest absolute Gasteiger partial charge is 0.303 e. The maximum atomic E-state index is 12.0. The minimum Gasteiger partial charge on any atom is -0.481 e. The van der Waals surface area contributed by atoms with Crippen molar-refractivity contribution in [2.75, 3.05) is 19.6 Å². The number of benzene rings is 2. The Morgan fingerprint density at radius 2 is 1.29 bits per heavy atom. The van der Waals surface area contributed by atoms with Crippen LogP contribution in [-0.2, 0) is 10.4 Å². The summed E-state index contributed by atoms with van der Waals surface area (Å²) >= 11 is 0. The highest BCUT2D eigenvalue weighted by Gasteiger charge is 2.41. The van der Waals surface area contributed by atoms with Crippen LogP contribution >= 0.6 is 0 Å². The molecule has 0 unspecified atom stereocenters. The molecule has 0 amide bonds. The van der Waals surface area contributed by atoms with Crippen molar-refractivity contribution < 1.29 is 15.0 Å². The van der Waals surface area contributed by atoms with Gasteiger partial charge >= 0.3 is 5.97 Å². The molecule has 4 nitrogen and oxygen atoms in total. The summed E-state index contributed by atoms with van der Waals surface area (Å²) in [4.78, 5) is 13.1. The topological polar surface area (TPSA) is 60.8 Å². The van der Waals surface area contributed by atoms with Crippen molar-refractivity contribution in [1.29, 1.82) is 0 Å². The Morgan fingerprint density at radius 3 is 1.81 bits per heavy atom. The van der Waals surface area contributed by atoms with Gasteiger partial charge in [-0.15, -0.1) is 0 Å². The van der Waals surface area contributed by atoms with E-state index in [0.29, 0.717) is 6.42 Å². The molecule has 4 heteroatoms. The first kappa shape index (κ1) is 23.5. The second-order valence-corrected chi connectivity index (χ2v) is 8.88. The largest absolute Gasteiger partial charge is 0.481 e. The van der Waals surface area contributed by atoms with E-state index in [0.717, 1.165) is 62.9 Å². The lowest BCUT2D eigenvalue weighted by atomic mass is 9.72. The summed E-state index contributed by atoms with van der Waals surface area (Å²) in [5, 5.41) is 20.6. The van der Waals surface area contributed by atoms with Crippen molar-refractivity contribution in [1.82, 2.24) is 4.90 Å². The predicted molar refractivity (Wildman–Crippen MR) is 125 cm³/mol. The molecular formula is C27H37NO3. The molecule has 0 aliphatic carbocycles. The maximum absolute atomic E-state index is 12.0. The molecule has 1 heterocycles. The van der Waals surface area contributed by atoms with E-state index in [1.54, 1.807) is 0 Å². The molecule has 1 aliphatic heterocycles. The molecule has 0 atom stereocenters. The van der Waals surface area contributed by atoms with Gasteiger partial charge in [-0.3, -0.25) is 4.79 Å². The number of likely N-dealkylation sites (tertiary alicyclic amines) is 1. The van der Waals surface area contributed by atoms with Gasteiger partial charge in [0.1, 0.15) is 5.60 Å². The fourth-order valence-electron chi connectivity index (χ4n) is 4.92. The molecule has 31 heavy (non-hydrogen) atoms. The van der Waals surface area contributed by atoms with Crippen molar-refractivity contribution in [3.63, 3.8) is 0 Å². The molecule has 168 valence electrons. The molecule has 0 radical (unpaired) electrons. The number of unbranched alkanes of at least 4 members (excludes halogenated alkanes) is 5. The molecule has 2 aromatic rings. The van der Waals surface area contributed by atoms with Crippen molar-refractivity contribution in [3.05, 3.63) is 71.8 Å². The van der Waals surface area contributed by atoms with E-state index in [1.165, 1.54) is 19.3 Å². The van der Waals surface area contributed by atoms with E-state index < -0.39 is 11.6 Å². The lowest BCUT2D eigenvalue weighted by molar-refractivity contribution is -0.137. The normalized spacial score (nSPS) is 15.8. The SMILES string of the molecule is O=C(O)CCCCCCCCN1CCC(C(O)(c2ccccc2)c2ccccc2)CC1. The number of nitrogens with zero attached hydrogens (tertiary/aromatic N) is 1. The van der Waals surface area contributed by atoms with E-state index in [4.69, 9.17) is 5.11 Å². The van der Waals surface area contributed by atoms with Crippen LogP contribution in [0.25, 0.3) is 0 Å². The average Bonchev–Trinajstić information content (AvgIpc) is 2.81. The summed E-state index contributed by atoms with van der Waals surface area (Å²) in [6.45, 7) is 3.19. The van der Waals surface area contributed by atoms with Gasteiger partial charge in [0.25, 0.3) is 0 Å². The Kier molecular flexibility index (Phi) is 9.11. The molecule has 0 bridgehead atoms. The molecule has 2 N–H and O–H groups in total. The van der Waals surface area contributed by atoms with Gasteiger partial charge < -0.3 is 15.1 Å². The Balaban J connectivity index is 1.47. The number of carboxylic acids is 1. The fraction of sp³-hybridized carbons (Fsp3) is 0.519. The second kappa shape index (κ2) is 12.0. The van der Waals surface area contributed by atoms with E-state index in [9.17, 15) is 9.90 Å². The number of aliphatic hydroxyl groups is 1. The van der Waals surface area contributed by atoms with Crippen LogP contribution < -0.4 is 0 Å². The van der Waals surface area contributed by atoms with E-state index in [-0.39, 0.29) is 5.92 Å². The van der Waals surface area contributed by atoms with Gasteiger partial charge in [-0.2, -0.15) is 0 Å². The summed E-state index contributed by atoms with van der Waals surface area (Å²) < 4.78 is 0. The number of carbonyl (C=O) groups is 1. The molecule has 2 aromatic carbocycles. The van der Waals surface area contributed by atoms with Crippen LogP contribution in [0.3, 0.4) is 0 Å². The quantitative estimate of drug-likeness (QED) is 0.446. The fourth-order valence-corrected chi connectivity index (χ4v) is 4.92. The first-order valence-electron chi connectivity index (χ1n) is 11.9. The summed E-state index contributed by atoms with van der Waals surface area (Å²) in [6.07, 6.45) is 8.85. The zero-order valence-electron chi connectivity index (χ0n) is 18.6. The Morgan fingerprint density at radius 1 is 0.806 bits per heavy atom. The van der Waals surface area contributed by atoms with Gasteiger partial charge in [0.2, 0.25) is 0 Å². The number of hydrogen-bond donors (Lipinski definition) is 2. The Hall–Kier alpha value is -2.17. The van der Waals surface area contributed by atoms with Gasteiger partial charge in [-0.1, -0.05) is 86.3 Å². The third-order valence-corrected chi connectivity index (χ3v) is 6.72. The number of carboxylic acid groups (broad SMARTS) is 1. The minimum absolute atomic E-state index is 0.211. The third-order valence-electron chi connectivity index (χ3n) is 6.72. The van der Waals surface area contributed by atoms with Crippen LogP contribution in [0.2, 0.25) is 0 Å². The lowest BCUT2D eigenvalue weighted by Crippen LogP contribution is -2.44. The summed E-state index contributed by atoms with van der Waals surface area (Å²) in [7, 11) is 0. The summed E-state index contributed by atoms with van der Waals surface area (Å²) in [5.74, 6) is -0.474. The van der Waals surface area contributed by atoms with Crippen LogP contribution in [0.1, 0.15) is 68.9 Å². The number of aliphatic carboxylic acids is 1. The van der Waals surface area contributed by atoms with Crippen molar-refractivity contribution in [2.45, 2.75) is 63.4 Å². The van der Waals surface area contributed by atoms with E-state index in [1.807, 2.05) is 36.4 Å². The zero-order valence-corrected chi connectivity index (χ0v) is 18.6. The number of hydrogen-bond acceptors (Lipinski definition) is 3. The Labute approximate surface area is 186 Å². The third kappa shape index (κ3) is 6.65. The second-order valence-electron chi connectivity index (χ2n) is 8.88. The number of rotatable bonds is 12. The van der Waals surface area contributed by atoms with Gasteiger partial charge in [0, 0.05) is 6.42 Å². The first-order valence-corrected chi connectivity index (χ1v) is 11.9. The lowest BCUT2D eigenvalue weighted by Gasteiger charge is -2.42. The van der Waals surface area contributed by atoms with Crippen LogP contribution in [0.15, 0.2) is 60.7 Å². The highest BCUT2D eigenvalue weighted by atomic mass is 16.4. The molecule has 0 aromatic heterocycles. The molecule has 3 rings (SSSR count). The van der Waals surface area contributed by atoms with Gasteiger partial charge in [-0.05, 0) is 62.4 Å². The van der Waals surface area contributed by atoms with Gasteiger partial charge in [0.15, 0.2) is 0 Å². The highest BCUT2D eigenvalue weighted by molar-refractivity contribution is 5.66. The Bertz CT molecular complexity index is 730. The minimum atomic E-state index is -0.940. The van der Waals surface area contributed by atoms with Crippen LogP contribution in [0.5, 0.6) is 0 Å². The molecule has 0 spiro atoms. The maximum Gasteiger partial charge on any atom is 0.303 e. The van der Waals surface area contributed by atoms with Gasteiger partial charge in [-0.25, -0.2) is 0 Å². The zero-order chi connectivity index (χ0) is 21.9. The molecule has 0 saturated carbocycles. The van der Waals surface area contributed by atoms with E-state index >= 15 is 0 Å². The molecular weight excluding hydrogens is 386 g/mol. The monoisotopic (exact) mass is 423 g/mol. The van der Waals surface area contributed by atoms with Gasteiger partial charge in [0.05, 0.1) is 0 Å². The number of piperidine rings is 1. The molecule has 1 fully saturated rings. The van der Waals surface area contributed by atoms with Crippen molar-refractivity contribution in [3.8, 4) is 0 Å². The highest BCUT2D eigenvalue weighted by Crippen LogP contribution is 2.41. The van der Waals surface area contributed by atoms with Crippen LogP contribution in [-0.4, -0.2) is 40.7 Å². The standard InChI is InChI=1S/C27H37NO3/c29-26(30)17-11-3-1-2-4-12-20-28-21-18-25(19-22-28)27(31,23-13-7-5-8-14-23)24-15-9-6-10-16-24/h5-10,13-16,25,31H,1-4,11-12,17-22H2,(H,29,30). The van der Waals surface area contributed by atoms with E-state index in [2.05, 4.69) is 29.2 Å². The predicted octanol–water partition coefficient (Wildman–Crippen LogP) is 5.45. The summed E-state index contributed by atoms with van der Waals surface area (Å²) in [5.41, 5.74) is 1.04. The molecule has 1 saturated heterocycles. The molecule has 1 aliphatic rings. The summed E-state index contributed by atoms with van der Waals surface area (Å²) in [6, 6.07) is 20.3. The van der Waals surface area contributed by atoms with Crippen LogP contribution in [0.4, 0.5) is 0 Å². The van der Waals surface area contributed by atoms with Crippen molar-refractivity contribution >= 4 is 5.97 Å². The average molecular weight is 424 g/mol. The first-order chi connectivity index (χ1) is 15.1.